The number of hydrogen-bond acceptors (Lipinski definition) is 7. The third-order valence-electron chi connectivity index (χ3n) is 10.9. The van der Waals surface area contributed by atoms with E-state index < -0.39 is 52.7 Å². The van der Waals surface area contributed by atoms with Crippen molar-refractivity contribution in [2.75, 3.05) is 20.1 Å². The lowest BCUT2D eigenvalue weighted by Crippen LogP contribution is -2.79. The zero-order valence-corrected chi connectivity index (χ0v) is 28.0. The van der Waals surface area contributed by atoms with Gasteiger partial charge in [-0.3, -0.25) is 19.3 Å². The fraction of sp³-hybridized carbons (Fsp3) is 0.410. The summed E-state index contributed by atoms with van der Waals surface area (Å²) in [5.41, 5.74) is 0.722. The van der Waals surface area contributed by atoms with E-state index in [2.05, 4.69) is 28.9 Å². The van der Waals surface area contributed by atoms with Crippen LogP contribution in [0.5, 0.6) is 11.5 Å². The van der Waals surface area contributed by atoms with Gasteiger partial charge in [0.25, 0.3) is 5.91 Å². The molecule has 1 amide bonds. The molecule has 0 N–H and O–H groups in total. The summed E-state index contributed by atoms with van der Waals surface area (Å²) >= 11 is 0. The zero-order chi connectivity index (χ0) is 35.4. The number of rotatable bonds is 6. The number of esters is 2. The van der Waals surface area contributed by atoms with E-state index in [0.29, 0.717) is 38.0 Å². The van der Waals surface area contributed by atoms with Crippen LogP contribution in [0, 0.1) is 11.8 Å². The maximum Gasteiger partial charge on any atom is 0.416 e. The quantitative estimate of drug-likeness (QED) is 0.193. The molecule has 5 atom stereocenters. The number of alkyl halides is 3. The summed E-state index contributed by atoms with van der Waals surface area (Å²) in [4.78, 5) is 42.8. The molecule has 0 unspecified atom stereocenters. The van der Waals surface area contributed by atoms with E-state index in [4.69, 9.17) is 14.2 Å². The number of hydrogen-bond donors (Lipinski definition) is 0. The second-order valence-electron chi connectivity index (χ2n) is 13.6. The van der Waals surface area contributed by atoms with Gasteiger partial charge in [-0.1, -0.05) is 42.3 Å². The van der Waals surface area contributed by atoms with Gasteiger partial charge in [0.05, 0.1) is 23.1 Å². The van der Waals surface area contributed by atoms with E-state index in [0.717, 1.165) is 36.2 Å². The molecule has 50 heavy (non-hydrogen) atoms. The average Bonchev–Trinajstić information content (AvgIpc) is 3.43. The smallest absolute Gasteiger partial charge is 0.416 e. The second kappa shape index (κ2) is 12.5. The number of likely N-dealkylation sites (tertiary alicyclic amines) is 1. The van der Waals surface area contributed by atoms with Gasteiger partial charge in [-0.05, 0) is 80.1 Å². The Bertz CT molecular complexity index is 1900. The van der Waals surface area contributed by atoms with Crippen molar-refractivity contribution in [1.82, 2.24) is 9.80 Å². The predicted octanol–water partition coefficient (Wildman–Crippen LogP) is 5.48. The van der Waals surface area contributed by atoms with Gasteiger partial charge in [-0.25, -0.2) is 0 Å². The first kappa shape index (κ1) is 33.7. The Balaban J connectivity index is 1.27. The number of amides is 1. The van der Waals surface area contributed by atoms with Gasteiger partial charge in [-0.15, -0.1) is 0 Å². The Labute approximate surface area is 288 Å². The molecule has 0 radical (unpaired) electrons. The van der Waals surface area contributed by atoms with Gasteiger partial charge in [0, 0.05) is 44.5 Å². The first-order valence-corrected chi connectivity index (χ1v) is 16.8. The summed E-state index contributed by atoms with van der Waals surface area (Å²) in [6, 6.07) is 17.6. The van der Waals surface area contributed by atoms with Crippen LogP contribution in [0.15, 0.2) is 66.7 Å². The van der Waals surface area contributed by atoms with Crippen LogP contribution < -0.4 is 9.47 Å². The lowest BCUT2D eigenvalue weighted by molar-refractivity contribution is -0.223. The Hall–Kier alpha value is -4.82. The molecular formula is C39H37F3N2O6. The van der Waals surface area contributed by atoms with Crippen LogP contribution in [-0.2, 0) is 43.6 Å². The molecule has 2 fully saturated rings. The van der Waals surface area contributed by atoms with Crippen molar-refractivity contribution in [2.24, 2.45) is 0 Å². The van der Waals surface area contributed by atoms with Gasteiger partial charge in [0.1, 0.15) is 11.7 Å². The number of nitrogens with zero attached hydrogens (tertiary/aromatic N) is 2. The highest BCUT2D eigenvalue weighted by Gasteiger charge is 2.75. The third kappa shape index (κ3) is 5.50. The van der Waals surface area contributed by atoms with E-state index in [-0.39, 0.29) is 17.4 Å². The lowest BCUT2D eigenvalue weighted by Gasteiger charge is -2.65. The second-order valence-corrected chi connectivity index (χ2v) is 13.6. The molecule has 2 aliphatic heterocycles. The van der Waals surface area contributed by atoms with Crippen molar-refractivity contribution in [3.8, 4) is 23.3 Å². The minimum Gasteiger partial charge on any atom is -0.483 e. The average molecular weight is 687 g/mol. The van der Waals surface area contributed by atoms with E-state index in [1.54, 1.807) is 13.1 Å². The Morgan fingerprint density at radius 3 is 2.42 bits per heavy atom. The van der Waals surface area contributed by atoms with E-state index in [9.17, 15) is 27.6 Å². The molecule has 0 aromatic heterocycles. The van der Waals surface area contributed by atoms with Gasteiger partial charge >= 0.3 is 18.1 Å². The molecule has 1 spiro atoms. The number of carbonyl (C=O) groups is 3. The number of benzene rings is 3. The Morgan fingerprint density at radius 2 is 1.74 bits per heavy atom. The monoisotopic (exact) mass is 686 g/mol. The van der Waals surface area contributed by atoms with Crippen molar-refractivity contribution in [1.29, 1.82) is 0 Å². The number of halogens is 3. The molecule has 1 saturated carbocycles. The summed E-state index contributed by atoms with van der Waals surface area (Å²) in [6.45, 7) is 4.19. The van der Waals surface area contributed by atoms with Gasteiger partial charge in [-0.2, -0.15) is 13.2 Å². The lowest BCUT2D eigenvalue weighted by atomic mass is 9.48. The molecule has 2 aliphatic carbocycles. The van der Waals surface area contributed by atoms with Crippen molar-refractivity contribution < 1.29 is 41.8 Å². The SMILES string of the molecule is CC(=O)Oc1ccc2c3c1O[C@H]1[C@@H](N(C)C(=O)C#Cc4ccc(C(F)(F)F)cc4)CC[C@@]4(OC(C)=O)[C@@H](C2)N(CCc2ccccc2)CC[C@]314. The van der Waals surface area contributed by atoms with Crippen molar-refractivity contribution in [3.63, 3.8) is 0 Å². The fourth-order valence-electron chi connectivity index (χ4n) is 8.95. The van der Waals surface area contributed by atoms with Gasteiger partial charge < -0.3 is 19.1 Å². The highest BCUT2D eigenvalue weighted by Crippen LogP contribution is 2.67. The highest BCUT2D eigenvalue weighted by molar-refractivity contribution is 5.94. The van der Waals surface area contributed by atoms with E-state index in [1.165, 1.54) is 36.4 Å². The third-order valence-corrected chi connectivity index (χ3v) is 10.9. The van der Waals surface area contributed by atoms with Crippen LogP contribution in [0.2, 0.25) is 0 Å². The first-order valence-electron chi connectivity index (χ1n) is 16.8. The molecule has 3 aromatic rings. The number of piperidine rings is 1. The maximum absolute atomic E-state index is 13.6. The Morgan fingerprint density at radius 1 is 1.00 bits per heavy atom. The minimum atomic E-state index is -4.48. The van der Waals surface area contributed by atoms with Crippen LogP contribution in [0.1, 0.15) is 60.9 Å². The molecule has 2 bridgehead atoms. The standard InChI is InChI=1S/C39H37F3N2O6/c1-24(45)48-31-15-12-28-23-32-38(50-25(2)46)19-17-30(43(3)33(47)16-11-27-9-13-29(14-10-27)39(40,41)42)36-37(38,34(28)35(31)49-36)20-22-44(32)21-18-26-7-5-4-6-8-26/h4-10,12-15,30,32,36H,17-23H2,1-3H3/t30-,32+,36-,37-,38+/m0/s1. The molecule has 8 nitrogen and oxygen atoms in total. The summed E-state index contributed by atoms with van der Waals surface area (Å²) in [7, 11) is 1.64. The summed E-state index contributed by atoms with van der Waals surface area (Å²) < 4.78 is 58.2. The van der Waals surface area contributed by atoms with Crippen LogP contribution >= 0.6 is 0 Å². The number of ether oxygens (including phenoxy) is 3. The fourth-order valence-corrected chi connectivity index (χ4v) is 8.95. The van der Waals surface area contributed by atoms with E-state index in [1.807, 2.05) is 24.3 Å². The molecule has 7 rings (SSSR count). The molecule has 3 aromatic carbocycles. The minimum absolute atomic E-state index is 0.172. The van der Waals surface area contributed by atoms with Crippen LogP contribution in [0.3, 0.4) is 0 Å². The Kier molecular flexibility index (Phi) is 8.42. The number of carbonyl (C=O) groups excluding carboxylic acids is 3. The normalized spacial score (nSPS) is 26.1. The van der Waals surface area contributed by atoms with Crippen LogP contribution in [0.25, 0.3) is 0 Å². The molecule has 4 aliphatic rings. The predicted molar refractivity (Wildman–Crippen MR) is 176 cm³/mol. The van der Waals surface area contributed by atoms with Gasteiger partial charge in [0.15, 0.2) is 11.5 Å². The highest BCUT2D eigenvalue weighted by atomic mass is 19.4. The van der Waals surface area contributed by atoms with Crippen molar-refractivity contribution >= 4 is 17.8 Å². The number of likely N-dealkylation sites (N-methyl/N-ethyl adjacent to an activating group) is 1. The van der Waals surface area contributed by atoms with Crippen molar-refractivity contribution in [2.45, 2.75) is 81.3 Å². The van der Waals surface area contributed by atoms with Crippen molar-refractivity contribution in [3.05, 3.63) is 94.5 Å². The van der Waals surface area contributed by atoms with E-state index >= 15 is 0 Å². The molecule has 260 valence electrons. The zero-order valence-electron chi connectivity index (χ0n) is 28.0. The molecule has 1 saturated heterocycles. The molecule has 2 heterocycles. The molecule has 11 heteroatoms. The summed E-state index contributed by atoms with van der Waals surface area (Å²) in [6.07, 6.45) is -2.28. The first-order chi connectivity index (χ1) is 23.8. The largest absolute Gasteiger partial charge is 0.483 e. The molecular weight excluding hydrogens is 649 g/mol. The maximum atomic E-state index is 13.6. The summed E-state index contributed by atoms with van der Waals surface area (Å²) in [5.74, 6) is 4.57. The van der Waals surface area contributed by atoms with Crippen LogP contribution in [-0.4, -0.2) is 71.6 Å². The van der Waals surface area contributed by atoms with Gasteiger partial charge in [0.2, 0.25) is 0 Å². The topological polar surface area (TPSA) is 85.4 Å². The summed E-state index contributed by atoms with van der Waals surface area (Å²) in [5, 5.41) is 0. The van der Waals surface area contributed by atoms with Crippen LogP contribution in [0.4, 0.5) is 13.2 Å².